The van der Waals surface area contributed by atoms with Gasteiger partial charge in [0.05, 0.1) is 6.54 Å². The van der Waals surface area contributed by atoms with E-state index in [9.17, 15) is 8.78 Å². The van der Waals surface area contributed by atoms with Gasteiger partial charge in [-0.1, -0.05) is 15.9 Å². The molecule has 9 heteroatoms. The SMILES string of the molecule is CCNC(=NCc1cc(F)cc(Br)c1)NC1CCN(c2ncccc2F)C1.I. The van der Waals surface area contributed by atoms with Gasteiger partial charge in [0.25, 0.3) is 0 Å². The molecule has 1 fully saturated rings. The zero-order valence-electron chi connectivity index (χ0n) is 15.5. The Kier molecular flexibility index (Phi) is 8.87. The summed E-state index contributed by atoms with van der Waals surface area (Å²) in [5, 5.41) is 6.58. The van der Waals surface area contributed by atoms with Crippen molar-refractivity contribution in [3.63, 3.8) is 0 Å². The largest absolute Gasteiger partial charge is 0.357 e. The fourth-order valence-corrected chi connectivity index (χ4v) is 3.58. The van der Waals surface area contributed by atoms with Gasteiger partial charge in [-0.05, 0) is 49.2 Å². The second-order valence-corrected chi connectivity index (χ2v) is 7.27. The van der Waals surface area contributed by atoms with Crippen LogP contribution in [0.25, 0.3) is 0 Å². The van der Waals surface area contributed by atoms with Crippen molar-refractivity contribution in [3.8, 4) is 0 Å². The summed E-state index contributed by atoms with van der Waals surface area (Å²) in [4.78, 5) is 10.6. The lowest BCUT2D eigenvalue weighted by Crippen LogP contribution is -2.44. The highest BCUT2D eigenvalue weighted by Gasteiger charge is 2.25. The Bertz CT molecular complexity index is 800. The second-order valence-electron chi connectivity index (χ2n) is 6.36. The van der Waals surface area contributed by atoms with Gasteiger partial charge in [-0.15, -0.1) is 24.0 Å². The summed E-state index contributed by atoms with van der Waals surface area (Å²) in [6.07, 6.45) is 2.45. The summed E-state index contributed by atoms with van der Waals surface area (Å²) in [5.74, 6) is 0.436. The van der Waals surface area contributed by atoms with E-state index in [0.29, 0.717) is 35.9 Å². The van der Waals surface area contributed by atoms with Gasteiger partial charge in [-0.2, -0.15) is 0 Å². The number of halogens is 4. The van der Waals surface area contributed by atoms with E-state index in [1.165, 1.54) is 18.2 Å². The third kappa shape index (κ3) is 6.26. The molecule has 1 aromatic heterocycles. The first kappa shape index (κ1) is 22.8. The molecule has 1 unspecified atom stereocenters. The van der Waals surface area contributed by atoms with Gasteiger partial charge in [0.1, 0.15) is 5.82 Å². The first-order valence-corrected chi connectivity index (χ1v) is 9.69. The third-order valence-electron chi connectivity index (χ3n) is 4.25. The van der Waals surface area contributed by atoms with Gasteiger partial charge in [0.15, 0.2) is 17.6 Å². The van der Waals surface area contributed by atoms with Crippen LogP contribution in [0.4, 0.5) is 14.6 Å². The number of guanidine groups is 1. The highest BCUT2D eigenvalue weighted by atomic mass is 127. The highest BCUT2D eigenvalue weighted by Crippen LogP contribution is 2.21. The minimum atomic E-state index is -0.310. The number of nitrogens with zero attached hydrogens (tertiary/aromatic N) is 3. The minimum Gasteiger partial charge on any atom is -0.357 e. The summed E-state index contributed by atoms with van der Waals surface area (Å²) in [7, 11) is 0. The second kappa shape index (κ2) is 10.9. The van der Waals surface area contributed by atoms with Crippen LogP contribution in [0.5, 0.6) is 0 Å². The average molecular weight is 566 g/mol. The lowest BCUT2D eigenvalue weighted by atomic mass is 10.2. The number of pyridine rings is 1. The fraction of sp³-hybridized carbons (Fsp3) is 0.368. The van der Waals surface area contributed by atoms with Gasteiger partial charge >= 0.3 is 0 Å². The van der Waals surface area contributed by atoms with Crippen LogP contribution in [0.2, 0.25) is 0 Å². The number of benzene rings is 1. The number of rotatable bonds is 5. The number of aliphatic imine (C=N–C) groups is 1. The monoisotopic (exact) mass is 565 g/mol. The van der Waals surface area contributed by atoms with Crippen LogP contribution in [0.3, 0.4) is 0 Å². The number of hydrogen-bond acceptors (Lipinski definition) is 3. The van der Waals surface area contributed by atoms with E-state index in [4.69, 9.17) is 0 Å². The Morgan fingerprint density at radius 1 is 1.36 bits per heavy atom. The summed E-state index contributed by atoms with van der Waals surface area (Å²) in [6.45, 7) is 4.42. The molecule has 1 saturated heterocycles. The van der Waals surface area contributed by atoms with E-state index in [-0.39, 0.29) is 41.7 Å². The molecule has 1 aliphatic heterocycles. The molecule has 0 spiro atoms. The van der Waals surface area contributed by atoms with Crippen molar-refractivity contribution >= 4 is 51.7 Å². The smallest absolute Gasteiger partial charge is 0.191 e. The van der Waals surface area contributed by atoms with Crippen LogP contribution < -0.4 is 15.5 Å². The minimum absolute atomic E-state index is 0. The Morgan fingerprint density at radius 3 is 2.89 bits per heavy atom. The molecule has 1 aromatic carbocycles. The highest BCUT2D eigenvalue weighted by molar-refractivity contribution is 14.0. The molecule has 3 rings (SSSR count). The van der Waals surface area contributed by atoms with Gasteiger partial charge in [0.2, 0.25) is 0 Å². The fourth-order valence-electron chi connectivity index (χ4n) is 3.07. The standard InChI is InChI=1S/C19H22BrF2N5.HI/c1-2-23-19(25-11-13-8-14(20)10-15(21)9-13)26-16-5-7-27(12-16)18-17(22)4-3-6-24-18;/h3-4,6,8-10,16H,2,5,7,11-12H2,1H3,(H2,23,25,26);1H. The van der Waals surface area contributed by atoms with E-state index in [0.717, 1.165) is 18.5 Å². The van der Waals surface area contributed by atoms with E-state index in [1.54, 1.807) is 12.3 Å². The number of aromatic nitrogens is 1. The molecule has 1 atom stereocenters. The van der Waals surface area contributed by atoms with Gasteiger partial charge in [-0.25, -0.2) is 18.8 Å². The van der Waals surface area contributed by atoms with Crippen LogP contribution in [0.15, 0.2) is 46.0 Å². The van der Waals surface area contributed by atoms with E-state index >= 15 is 0 Å². The summed E-state index contributed by atoms with van der Waals surface area (Å²) >= 11 is 3.29. The lowest BCUT2D eigenvalue weighted by Gasteiger charge is -2.20. The predicted octanol–water partition coefficient (Wildman–Crippen LogP) is 4.07. The molecule has 0 radical (unpaired) electrons. The average Bonchev–Trinajstić information content (AvgIpc) is 3.08. The summed E-state index contributed by atoms with van der Waals surface area (Å²) in [6, 6.07) is 7.87. The van der Waals surface area contributed by atoms with Crippen molar-refractivity contribution in [2.45, 2.75) is 25.9 Å². The molecular formula is C19H23BrF2IN5. The predicted molar refractivity (Wildman–Crippen MR) is 122 cm³/mol. The number of hydrogen-bond donors (Lipinski definition) is 2. The Labute approximate surface area is 189 Å². The van der Waals surface area contributed by atoms with Crippen LogP contribution >= 0.6 is 39.9 Å². The first-order valence-electron chi connectivity index (χ1n) is 8.90. The molecule has 1 aliphatic rings. The Morgan fingerprint density at radius 2 is 2.18 bits per heavy atom. The maximum absolute atomic E-state index is 13.9. The summed E-state index contributed by atoms with van der Waals surface area (Å²) < 4.78 is 28.1. The van der Waals surface area contributed by atoms with Crippen molar-refractivity contribution < 1.29 is 8.78 Å². The Balaban J connectivity index is 0.00000280. The van der Waals surface area contributed by atoms with Crippen molar-refractivity contribution in [2.24, 2.45) is 4.99 Å². The molecule has 0 saturated carbocycles. The van der Waals surface area contributed by atoms with Crippen molar-refractivity contribution in [2.75, 3.05) is 24.5 Å². The Hall–Kier alpha value is -1.49. The first-order chi connectivity index (χ1) is 13.0. The zero-order chi connectivity index (χ0) is 19.2. The molecule has 2 heterocycles. The van der Waals surface area contributed by atoms with Crippen molar-refractivity contribution in [1.29, 1.82) is 0 Å². The van der Waals surface area contributed by atoms with Crippen molar-refractivity contribution in [1.82, 2.24) is 15.6 Å². The molecular weight excluding hydrogens is 543 g/mol. The number of anilines is 1. The van der Waals surface area contributed by atoms with Crippen LogP contribution in [0, 0.1) is 11.6 Å². The maximum Gasteiger partial charge on any atom is 0.191 e. The molecule has 2 aromatic rings. The van der Waals surface area contributed by atoms with Crippen LogP contribution in [-0.4, -0.2) is 36.6 Å². The van der Waals surface area contributed by atoms with E-state index in [2.05, 4.69) is 36.5 Å². The topological polar surface area (TPSA) is 52.6 Å². The molecule has 28 heavy (non-hydrogen) atoms. The lowest BCUT2D eigenvalue weighted by molar-refractivity contribution is 0.612. The molecule has 152 valence electrons. The van der Waals surface area contributed by atoms with E-state index in [1.807, 2.05) is 17.9 Å². The quantitative estimate of drug-likeness (QED) is 0.326. The van der Waals surface area contributed by atoms with Crippen LogP contribution in [-0.2, 0) is 6.54 Å². The van der Waals surface area contributed by atoms with E-state index < -0.39 is 0 Å². The molecule has 0 amide bonds. The van der Waals surface area contributed by atoms with Gasteiger partial charge < -0.3 is 15.5 Å². The molecule has 0 aliphatic carbocycles. The number of nitrogens with one attached hydrogen (secondary N) is 2. The zero-order valence-corrected chi connectivity index (χ0v) is 19.4. The third-order valence-corrected chi connectivity index (χ3v) is 4.71. The molecule has 5 nitrogen and oxygen atoms in total. The normalized spacial score (nSPS) is 16.6. The van der Waals surface area contributed by atoms with Gasteiger partial charge in [-0.3, -0.25) is 0 Å². The molecule has 2 N–H and O–H groups in total. The molecule has 0 bridgehead atoms. The summed E-state index contributed by atoms with van der Waals surface area (Å²) in [5.41, 5.74) is 0.780. The van der Waals surface area contributed by atoms with Gasteiger partial charge in [0, 0.05) is 36.3 Å². The van der Waals surface area contributed by atoms with Crippen LogP contribution in [0.1, 0.15) is 18.9 Å². The maximum atomic E-state index is 13.9. The van der Waals surface area contributed by atoms with Crippen molar-refractivity contribution in [3.05, 3.63) is 58.2 Å².